The summed E-state index contributed by atoms with van der Waals surface area (Å²) < 4.78 is 5.04. The normalized spacial score (nSPS) is 10.8. The van der Waals surface area contributed by atoms with Gasteiger partial charge in [-0.15, -0.1) is 11.3 Å². The molecular weight excluding hydrogens is 465 g/mol. The fourth-order valence-electron chi connectivity index (χ4n) is 2.90. The number of hydrogen-bond donors (Lipinski definition) is 1. The first-order valence-corrected chi connectivity index (χ1v) is 10.6. The van der Waals surface area contributed by atoms with Gasteiger partial charge in [-0.05, 0) is 42.0 Å². The van der Waals surface area contributed by atoms with Crippen molar-refractivity contribution in [3.63, 3.8) is 0 Å². The van der Waals surface area contributed by atoms with Crippen LogP contribution in [0.25, 0.3) is 33.0 Å². The maximum absolute atomic E-state index is 11.2. The molecular formula is C22H12Cl3NO3S. The summed E-state index contributed by atoms with van der Waals surface area (Å²) in [5.74, 6) is 0.216. The summed E-state index contributed by atoms with van der Waals surface area (Å²) >= 11 is 19.5. The van der Waals surface area contributed by atoms with Crippen molar-refractivity contribution < 1.29 is 14.6 Å². The first-order chi connectivity index (χ1) is 14.4. The van der Waals surface area contributed by atoms with Crippen molar-refractivity contribution >= 4 is 52.3 Å². The zero-order valence-corrected chi connectivity index (χ0v) is 18.2. The third kappa shape index (κ3) is 4.45. The number of aromatic nitrogens is 1. The van der Waals surface area contributed by atoms with Crippen LogP contribution in [0.4, 0.5) is 4.79 Å². The summed E-state index contributed by atoms with van der Waals surface area (Å²) in [4.78, 5) is 15.9. The van der Waals surface area contributed by atoms with Gasteiger partial charge in [-0.1, -0.05) is 59.1 Å². The van der Waals surface area contributed by atoms with Crippen LogP contribution in [0, 0.1) is 0 Å². The lowest BCUT2D eigenvalue weighted by molar-refractivity contribution is 0.144. The largest absolute Gasteiger partial charge is 0.511 e. The topological polar surface area (TPSA) is 59.4 Å². The Bertz CT molecular complexity index is 1240. The van der Waals surface area contributed by atoms with Crippen LogP contribution in [-0.4, -0.2) is 16.2 Å². The highest BCUT2D eigenvalue weighted by atomic mass is 35.5. The first-order valence-electron chi connectivity index (χ1n) is 8.63. The molecule has 1 aromatic heterocycles. The Morgan fingerprint density at radius 3 is 2.27 bits per heavy atom. The van der Waals surface area contributed by atoms with Gasteiger partial charge in [-0.25, -0.2) is 9.78 Å². The zero-order chi connectivity index (χ0) is 21.3. The highest BCUT2D eigenvalue weighted by Gasteiger charge is 2.15. The molecule has 4 nitrogen and oxygen atoms in total. The van der Waals surface area contributed by atoms with Gasteiger partial charge in [0.2, 0.25) is 0 Å². The molecule has 0 aliphatic heterocycles. The van der Waals surface area contributed by atoms with Gasteiger partial charge in [0.25, 0.3) is 0 Å². The lowest BCUT2D eigenvalue weighted by Gasteiger charge is -2.10. The second-order valence-corrected chi connectivity index (χ2v) is 8.36. The lowest BCUT2D eigenvalue weighted by Crippen LogP contribution is -2.04. The number of benzene rings is 3. The van der Waals surface area contributed by atoms with E-state index < -0.39 is 6.16 Å². The molecule has 1 N–H and O–H groups in total. The van der Waals surface area contributed by atoms with Crippen molar-refractivity contribution in [3.05, 3.63) is 81.1 Å². The van der Waals surface area contributed by atoms with E-state index >= 15 is 0 Å². The Morgan fingerprint density at radius 1 is 0.867 bits per heavy atom. The van der Waals surface area contributed by atoms with Gasteiger partial charge in [0.1, 0.15) is 10.8 Å². The van der Waals surface area contributed by atoms with Crippen LogP contribution in [-0.2, 0) is 0 Å². The van der Waals surface area contributed by atoms with Crippen LogP contribution in [0.3, 0.4) is 0 Å². The van der Waals surface area contributed by atoms with Crippen molar-refractivity contribution in [2.45, 2.75) is 0 Å². The second-order valence-electron chi connectivity index (χ2n) is 6.25. The van der Waals surface area contributed by atoms with Gasteiger partial charge < -0.3 is 9.84 Å². The molecule has 0 atom stereocenters. The fraction of sp³-hybridized carbons (Fsp3) is 0. The SMILES string of the molecule is O=C(O)Oc1cc(-c2nc(-c3ccc(Cl)c(Cl)c3)cs2)ccc1-c1ccc(Cl)cc1. The summed E-state index contributed by atoms with van der Waals surface area (Å²) in [6.07, 6.45) is -1.39. The number of nitrogens with zero attached hydrogens (tertiary/aromatic N) is 1. The summed E-state index contributed by atoms with van der Waals surface area (Å²) in [6, 6.07) is 17.7. The minimum Gasteiger partial charge on any atom is -0.449 e. The molecule has 0 spiro atoms. The lowest BCUT2D eigenvalue weighted by atomic mass is 10.0. The molecule has 0 fully saturated rings. The average molecular weight is 477 g/mol. The van der Waals surface area contributed by atoms with Crippen molar-refractivity contribution in [2.24, 2.45) is 0 Å². The molecule has 8 heteroatoms. The van der Waals surface area contributed by atoms with Crippen molar-refractivity contribution in [1.29, 1.82) is 0 Å². The molecule has 0 bridgehead atoms. The van der Waals surface area contributed by atoms with Crippen LogP contribution >= 0.6 is 46.1 Å². The van der Waals surface area contributed by atoms with Crippen LogP contribution in [0.2, 0.25) is 15.1 Å². The summed E-state index contributed by atoms with van der Waals surface area (Å²) in [5, 5.41) is 13.3. The molecule has 0 saturated carbocycles. The van der Waals surface area contributed by atoms with E-state index in [9.17, 15) is 4.79 Å². The maximum atomic E-state index is 11.2. The quantitative estimate of drug-likeness (QED) is 0.238. The molecule has 4 aromatic rings. The summed E-state index contributed by atoms with van der Waals surface area (Å²) in [6.45, 7) is 0. The first kappa shape index (κ1) is 20.7. The molecule has 0 aliphatic rings. The van der Waals surface area contributed by atoms with Crippen molar-refractivity contribution in [1.82, 2.24) is 4.98 Å². The molecule has 3 aromatic carbocycles. The number of carbonyl (C=O) groups is 1. The van der Waals surface area contributed by atoms with Crippen LogP contribution in [0.5, 0.6) is 5.75 Å². The van der Waals surface area contributed by atoms with E-state index in [-0.39, 0.29) is 5.75 Å². The number of ether oxygens (including phenoxy) is 1. The average Bonchev–Trinajstić information content (AvgIpc) is 3.21. The third-order valence-electron chi connectivity index (χ3n) is 4.30. The van der Waals surface area contributed by atoms with Crippen LogP contribution < -0.4 is 4.74 Å². The Hall–Kier alpha value is -2.57. The van der Waals surface area contributed by atoms with Gasteiger partial charge in [-0.2, -0.15) is 0 Å². The van der Waals surface area contributed by atoms with Gasteiger partial charge in [0.15, 0.2) is 0 Å². The van der Waals surface area contributed by atoms with E-state index in [0.29, 0.717) is 25.6 Å². The number of rotatable bonds is 4. The van der Waals surface area contributed by atoms with E-state index in [4.69, 9.17) is 44.6 Å². The Morgan fingerprint density at radius 2 is 1.57 bits per heavy atom. The van der Waals surface area contributed by atoms with E-state index in [0.717, 1.165) is 22.4 Å². The smallest absolute Gasteiger partial charge is 0.449 e. The van der Waals surface area contributed by atoms with E-state index in [2.05, 4.69) is 4.98 Å². The predicted molar refractivity (Wildman–Crippen MR) is 122 cm³/mol. The highest BCUT2D eigenvalue weighted by molar-refractivity contribution is 7.13. The molecule has 1 heterocycles. The number of halogens is 3. The molecule has 150 valence electrons. The number of thiazole rings is 1. The molecule has 0 amide bonds. The molecule has 0 unspecified atom stereocenters. The summed E-state index contributed by atoms with van der Waals surface area (Å²) in [7, 11) is 0. The van der Waals surface area contributed by atoms with Crippen molar-refractivity contribution in [3.8, 4) is 38.7 Å². The van der Waals surface area contributed by atoms with Crippen molar-refractivity contribution in [2.75, 3.05) is 0 Å². The fourth-order valence-corrected chi connectivity index (χ4v) is 4.15. The van der Waals surface area contributed by atoms with E-state index in [1.165, 1.54) is 11.3 Å². The minimum absolute atomic E-state index is 0.216. The Labute approximate surface area is 191 Å². The second kappa shape index (κ2) is 8.66. The van der Waals surface area contributed by atoms with Gasteiger partial charge in [-0.3, -0.25) is 0 Å². The van der Waals surface area contributed by atoms with Gasteiger partial charge in [0.05, 0.1) is 15.7 Å². The number of hydrogen-bond acceptors (Lipinski definition) is 4. The molecule has 4 rings (SSSR count). The third-order valence-corrected chi connectivity index (χ3v) is 6.18. The van der Waals surface area contributed by atoms with E-state index in [1.54, 1.807) is 48.5 Å². The Kier molecular flexibility index (Phi) is 5.97. The molecule has 30 heavy (non-hydrogen) atoms. The van der Waals surface area contributed by atoms with Gasteiger partial charge in [0, 0.05) is 27.1 Å². The monoisotopic (exact) mass is 475 g/mol. The molecule has 0 radical (unpaired) electrons. The standard InChI is InChI=1S/C22H12Cl3NO3S/c23-15-5-1-12(2-6-15)16-7-3-14(10-20(16)29-22(27)28)21-26-19(11-30-21)13-4-8-17(24)18(25)9-13/h1-11H,(H,27,28). The molecule has 0 aliphatic carbocycles. The summed E-state index contributed by atoms with van der Waals surface area (Å²) in [5.41, 5.74) is 3.75. The zero-order valence-electron chi connectivity index (χ0n) is 15.1. The highest BCUT2D eigenvalue weighted by Crippen LogP contribution is 2.37. The van der Waals surface area contributed by atoms with E-state index in [1.807, 2.05) is 17.5 Å². The van der Waals surface area contributed by atoms with Crippen LogP contribution in [0.15, 0.2) is 66.0 Å². The molecule has 0 saturated heterocycles. The number of carboxylic acid groups (broad SMARTS) is 1. The predicted octanol–water partition coefficient (Wildman–Crippen LogP) is 8.16. The van der Waals surface area contributed by atoms with Crippen LogP contribution in [0.1, 0.15) is 0 Å². The Balaban J connectivity index is 1.73. The minimum atomic E-state index is -1.39. The maximum Gasteiger partial charge on any atom is 0.511 e. The van der Waals surface area contributed by atoms with Gasteiger partial charge >= 0.3 is 6.16 Å².